The van der Waals surface area contributed by atoms with Crippen molar-refractivity contribution >= 4 is 22.5 Å². The molecular formula is C21H21F5N8O. The minimum atomic E-state index is -3.00. The number of hydrogen-bond donors (Lipinski definition) is 1. The van der Waals surface area contributed by atoms with E-state index in [9.17, 15) is 17.6 Å². The van der Waals surface area contributed by atoms with Crippen molar-refractivity contribution in [3.05, 3.63) is 30.2 Å². The van der Waals surface area contributed by atoms with Gasteiger partial charge in [-0.15, -0.1) is 10.2 Å². The predicted molar refractivity (Wildman–Crippen MR) is 117 cm³/mol. The van der Waals surface area contributed by atoms with Gasteiger partial charge < -0.3 is 10.1 Å². The largest absolute Gasteiger partial charge is 0.479 e. The number of methoxy groups -OCH3 is 1. The molecule has 0 aliphatic carbocycles. The zero-order valence-corrected chi connectivity index (χ0v) is 18.7. The van der Waals surface area contributed by atoms with E-state index in [1.807, 2.05) is 0 Å². The minimum Gasteiger partial charge on any atom is -0.479 e. The van der Waals surface area contributed by atoms with Crippen molar-refractivity contribution in [2.45, 2.75) is 18.0 Å². The molecule has 1 saturated heterocycles. The summed E-state index contributed by atoms with van der Waals surface area (Å²) in [4.78, 5) is 5.66. The Morgan fingerprint density at radius 2 is 2.03 bits per heavy atom. The molecular weight excluding hydrogens is 475 g/mol. The zero-order valence-electron chi connectivity index (χ0n) is 18.7. The van der Waals surface area contributed by atoms with E-state index in [0.29, 0.717) is 16.6 Å². The fourth-order valence-electron chi connectivity index (χ4n) is 4.32. The third-order valence-electron chi connectivity index (χ3n) is 6.00. The Labute approximate surface area is 195 Å². The van der Waals surface area contributed by atoms with Gasteiger partial charge >= 0.3 is 0 Å². The lowest BCUT2D eigenvalue weighted by atomic mass is 10.1. The first-order chi connectivity index (χ1) is 16.7. The molecule has 0 unspecified atom stereocenters. The number of nitrogens with one attached hydrogen (secondary N) is 1. The summed E-state index contributed by atoms with van der Waals surface area (Å²) in [6.45, 7) is -2.32. The molecule has 0 spiro atoms. The van der Waals surface area contributed by atoms with Crippen LogP contribution in [0.4, 0.5) is 27.9 Å². The van der Waals surface area contributed by atoms with Crippen molar-refractivity contribution < 1.29 is 26.7 Å². The maximum Gasteiger partial charge on any atom is 0.281 e. The number of likely N-dealkylation sites (tertiary alicyclic amines) is 1. The first kappa shape index (κ1) is 23.2. The number of likely N-dealkylation sites (N-methyl/N-ethyl adjacent to an activating group) is 1. The number of benzene rings is 1. The van der Waals surface area contributed by atoms with E-state index in [0.717, 1.165) is 15.4 Å². The summed E-state index contributed by atoms with van der Waals surface area (Å²) < 4.78 is 77.8. The number of alkyl halides is 4. The maximum atomic E-state index is 15.2. The van der Waals surface area contributed by atoms with Crippen molar-refractivity contribution in [2.75, 3.05) is 45.9 Å². The fraction of sp³-hybridized carbons (Fsp3) is 0.429. The molecule has 1 aliphatic rings. The highest BCUT2D eigenvalue weighted by molar-refractivity contribution is 5.89. The number of fused-ring (bicyclic) bond motifs is 2. The molecule has 0 saturated carbocycles. The van der Waals surface area contributed by atoms with E-state index in [-0.39, 0.29) is 29.5 Å². The second kappa shape index (κ2) is 8.59. The Bertz CT molecular complexity index is 1390. The van der Waals surface area contributed by atoms with E-state index in [2.05, 4.69) is 25.7 Å². The first-order valence-electron chi connectivity index (χ1n) is 10.7. The highest BCUT2D eigenvalue weighted by atomic mass is 19.3. The van der Waals surface area contributed by atoms with Crippen LogP contribution in [0.25, 0.3) is 27.7 Å². The van der Waals surface area contributed by atoms with Crippen LogP contribution in [0.2, 0.25) is 0 Å². The van der Waals surface area contributed by atoms with E-state index >= 15 is 4.39 Å². The van der Waals surface area contributed by atoms with Gasteiger partial charge in [0.2, 0.25) is 11.8 Å². The molecule has 1 N–H and O–H groups in total. The number of hydrogen-bond acceptors (Lipinski definition) is 7. The molecule has 14 heteroatoms. The van der Waals surface area contributed by atoms with Gasteiger partial charge in [0.15, 0.2) is 5.82 Å². The highest BCUT2D eigenvalue weighted by Gasteiger charge is 2.47. The Morgan fingerprint density at radius 1 is 1.26 bits per heavy atom. The average Bonchev–Trinajstić information content (AvgIpc) is 3.46. The molecule has 1 atom stereocenters. The second-order valence-electron chi connectivity index (χ2n) is 8.44. The van der Waals surface area contributed by atoms with Crippen LogP contribution in [0.3, 0.4) is 0 Å². The number of aromatic nitrogens is 6. The lowest BCUT2D eigenvalue weighted by molar-refractivity contribution is 0.00583. The highest BCUT2D eigenvalue weighted by Crippen LogP contribution is 2.36. The molecule has 4 heterocycles. The number of anilines is 1. The molecule has 1 fully saturated rings. The van der Waals surface area contributed by atoms with Crippen LogP contribution in [-0.4, -0.2) is 87.1 Å². The molecule has 0 bridgehead atoms. The maximum absolute atomic E-state index is 15.2. The van der Waals surface area contributed by atoms with E-state index in [4.69, 9.17) is 4.74 Å². The fourth-order valence-corrected chi connectivity index (χ4v) is 4.32. The molecule has 3 aromatic heterocycles. The Hall–Kier alpha value is -3.55. The number of ether oxygens (including phenoxy) is 1. The van der Waals surface area contributed by atoms with Crippen LogP contribution in [0.1, 0.15) is 6.04 Å². The molecule has 186 valence electrons. The van der Waals surface area contributed by atoms with Crippen molar-refractivity contribution in [1.82, 2.24) is 34.5 Å². The Morgan fingerprint density at radius 3 is 2.69 bits per heavy atom. The van der Waals surface area contributed by atoms with E-state index in [1.54, 1.807) is 19.2 Å². The van der Waals surface area contributed by atoms with Crippen molar-refractivity contribution in [1.29, 1.82) is 0 Å². The smallest absolute Gasteiger partial charge is 0.281 e. The van der Waals surface area contributed by atoms with Gasteiger partial charge in [-0.1, -0.05) is 11.3 Å². The lowest BCUT2D eigenvalue weighted by Crippen LogP contribution is -2.38. The molecule has 0 radical (unpaired) electrons. The first-order valence-corrected chi connectivity index (χ1v) is 10.7. The summed E-state index contributed by atoms with van der Waals surface area (Å²) >= 11 is 0. The Kier molecular flexibility index (Phi) is 5.69. The normalized spacial score (nSPS) is 18.2. The van der Waals surface area contributed by atoms with Crippen molar-refractivity contribution in [3.63, 3.8) is 0 Å². The molecule has 1 aromatic carbocycles. The number of rotatable bonds is 7. The summed E-state index contributed by atoms with van der Waals surface area (Å²) in [6, 6.07) is 2.23. The van der Waals surface area contributed by atoms with Gasteiger partial charge in [-0.25, -0.2) is 31.1 Å². The van der Waals surface area contributed by atoms with Crippen molar-refractivity contribution in [2.24, 2.45) is 0 Å². The van der Waals surface area contributed by atoms with E-state index < -0.39 is 43.7 Å². The van der Waals surface area contributed by atoms with Crippen LogP contribution in [0.15, 0.2) is 24.4 Å². The van der Waals surface area contributed by atoms with Crippen molar-refractivity contribution in [3.8, 4) is 17.0 Å². The van der Waals surface area contributed by atoms with Gasteiger partial charge in [-0.2, -0.15) is 4.98 Å². The summed E-state index contributed by atoms with van der Waals surface area (Å²) in [5.41, 5.74) is 1.24. The van der Waals surface area contributed by atoms with Gasteiger partial charge in [-0.05, 0) is 24.7 Å². The van der Waals surface area contributed by atoms with E-state index in [1.165, 1.54) is 18.1 Å². The summed E-state index contributed by atoms with van der Waals surface area (Å²) in [5.74, 6) is -3.89. The summed E-state index contributed by atoms with van der Waals surface area (Å²) in [5, 5.41) is 14.5. The quantitative estimate of drug-likeness (QED) is 0.394. The zero-order chi connectivity index (χ0) is 24.9. The van der Waals surface area contributed by atoms with Crippen LogP contribution in [0.5, 0.6) is 5.88 Å². The number of nitrogens with zero attached hydrogens (tertiary/aromatic N) is 7. The predicted octanol–water partition coefficient (Wildman–Crippen LogP) is 3.13. The van der Waals surface area contributed by atoms with Gasteiger partial charge in [-0.3, -0.25) is 4.90 Å². The van der Waals surface area contributed by atoms with Gasteiger partial charge in [0.1, 0.15) is 36.5 Å². The molecule has 4 aromatic rings. The second-order valence-corrected chi connectivity index (χ2v) is 8.44. The number of halogens is 5. The van der Waals surface area contributed by atoms with Gasteiger partial charge in [0.05, 0.1) is 30.9 Å². The molecule has 0 amide bonds. The van der Waals surface area contributed by atoms with Crippen LogP contribution in [0, 0.1) is 5.82 Å². The molecule has 1 aliphatic heterocycles. The van der Waals surface area contributed by atoms with Crippen LogP contribution < -0.4 is 10.1 Å². The molecule has 35 heavy (non-hydrogen) atoms. The third-order valence-corrected chi connectivity index (χ3v) is 6.00. The van der Waals surface area contributed by atoms with Gasteiger partial charge in [0.25, 0.3) is 5.92 Å². The minimum absolute atomic E-state index is 0.0480. The SMILES string of the molecule is COc1nc(N[C@@H]2CN(C)CC2(F)F)nn2cc(F)c(-c3ccc4nnn(C(CF)CF)c4c3)c12. The standard InChI is InChI=1S/C21H21F5N8O/c1-32-9-16(21(25,26)10-32)27-20-28-19(35-2)18-17(13(24)8-33(18)30-20)11-3-4-14-15(5-11)34(31-29-14)12(6-22)7-23/h3-5,8,12,16H,6-7,9-10H2,1-2H3,(H,27,30)/t16-/m1/s1. The molecule has 5 rings (SSSR count). The van der Waals surface area contributed by atoms with Crippen LogP contribution in [-0.2, 0) is 0 Å². The lowest BCUT2D eigenvalue weighted by Gasteiger charge is -2.19. The third kappa shape index (κ3) is 3.90. The monoisotopic (exact) mass is 496 g/mol. The topological polar surface area (TPSA) is 85.4 Å². The Balaban J connectivity index is 1.60. The average molecular weight is 496 g/mol. The molecule has 9 nitrogen and oxygen atoms in total. The summed E-state index contributed by atoms with van der Waals surface area (Å²) in [7, 11) is 2.89. The van der Waals surface area contributed by atoms with Gasteiger partial charge in [0, 0.05) is 6.54 Å². The summed E-state index contributed by atoms with van der Waals surface area (Å²) in [6.07, 6.45) is 1.07. The van der Waals surface area contributed by atoms with Crippen LogP contribution >= 0.6 is 0 Å².